The Labute approximate surface area is 135 Å². The van der Waals surface area contributed by atoms with E-state index >= 15 is 0 Å². The van der Waals surface area contributed by atoms with Gasteiger partial charge in [-0.05, 0) is 23.5 Å². The van der Waals surface area contributed by atoms with E-state index in [9.17, 15) is 14.7 Å². The second-order valence-corrected chi connectivity index (χ2v) is 5.91. The van der Waals surface area contributed by atoms with Gasteiger partial charge in [0.25, 0.3) is 0 Å². The third kappa shape index (κ3) is 3.59. The van der Waals surface area contributed by atoms with Crippen molar-refractivity contribution >= 4 is 11.9 Å². The van der Waals surface area contributed by atoms with Gasteiger partial charge in [-0.25, -0.2) is 0 Å². The molecule has 1 amide bonds. The Hall–Kier alpha value is -2.62. The highest BCUT2D eigenvalue weighted by Gasteiger charge is 2.43. The lowest BCUT2D eigenvalue weighted by Crippen LogP contribution is -2.32. The molecule has 0 aliphatic heterocycles. The minimum atomic E-state index is -0.924. The largest absolute Gasteiger partial charge is 0.481 e. The number of carbonyl (C=O) groups is 2. The number of benzene rings is 2. The van der Waals surface area contributed by atoms with Crippen LogP contribution in [-0.2, 0) is 9.59 Å². The third-order valence-corrected chi connectivity index (χ3v) is 4.34. The maximum atomic E-state index is 12.2. The Morgan fingerprint density at radius 2 is 1.65 bits per heavy atom. The maximum absolute atomic E-state index is 12.2. The van der Waals surface area contributed by atoms with Gasteiger partial charge in [0.2, 0.25) is 5.91 Å². The average Bonchev–Trinajstić information content (AvgIpc) is 3.37. The average molecular weight is 309 g/mol. The van der Waals surface area contributed by atoms with E-state index in [-0.39, 0.29) is 24.3 Å². The van der Waals surface area contributed by atoms with E-state index in [1.165, 1.54) is 5.56 Å². The van der Waals surface area contributed by atoms with Gasteiger partial charge in [0.1, 0.15) is 0 Å². The van der Waals surface area contributed by atoms with E-state index in [4.69, 9.17) is 0 Å². The second-order valence-electron chi connectivity index (χ2n) is 5.91. The highest BCUT2D eigenvalue weighted by molar-refractivity contribution is 5.84. The molecule has 1 saturated carbocycles. The van der Waals surface area contributed by atoms with Crippen molar-refractivity contribution in [2.45, 2.75) is 18.3 Å². The molecule has 23 heavy (non-hydrogen) atoms. The molecular weight excluding hydrogens is 290 g/mol. The zero-order chi connectivity index (χ0) is 16.2. The molecule has 0 unspecified atom stereocenters. The number of aliphatic carboxylic acids is 1. The van der Waals surface area contributed by atoms with Gasteiger partial charge in [-0.3, -0.25) is 9.59 Å². The van der Waals surface area contributed by atoms with Gasteiger partial charge in [0.15, 0.2) is 0 Å². The summed E-state index contributed by atoms with van der Waals surface area (Å²) in [6.07, 6.45) is 0.832. The Balaban J connectivity index is 1.57. The fourth-order valence-corrected chi connectivity index (χ4v) is 2.92. The van der Waals surface area contributed by atoms with Crippen molar-refractivity contribution in [2.75, 3.05) is 6.54 Å². The van der Waals surface area contributed by atoms with Gasteiger partial charge in [0, 0.05) is 12.5 Å². The van der Waals surface area contributed by atoms with Crippen LogP contribution in [0.15, 0.2) is 60.7 Å². The first-order valence-electron chi connectivity index (χ1n) is 7.77. The Morgan fingerprint density at radius 3 is 2.26 bits per heavy atom. The molecule has 1 aliphatic rings. The summed E-state index contributed by atoms with van der Waals surface area (Å²) >= 11 is 0. The molecule has 0 heterocycles. The predicted octanol–water partition coefficient (Wildman–Crippen LogP) is 2.77. The summed E-state index contributed by atoms with van der Waals surface area (Å²) in [5.74, 6) is -1.47. The van der Waals surface area contributed by atoms with Gasteiger partial charge in [-0.15, -0.1) is 0 Å². The standard InChI is InChI=1S/C19H19NO3/c21-18(16-11-15(16)13-7-3-1-4-8-13)20-12-17(19(22)23)14-9-5-2-6-10-14/h1-10,15-17H,11-12H2,(H,20,21)(H,22,23)/t15-,16-,17+/m0/s1. The first-order chi connectivity index (χ1) is 11.2. The maximum Gasteiger partial charge on any atom is 0.312 e. The predicted molar refractivity (Wildman–Crippen MR) is 87.1 cm³/mol. The van der Waals surface area contributed by atoms with Gasteiger partial charge >= 0.3 is 5.97 Å². The molecule has 0 radical (unpaired) electrons. The van der Waals surface area contributed by atoms with E-state index in [1.54, 1.807) is 24.3 Å². The summed E-state index contributed by atoms with van der Waals surface area (Å²) in [6, 6.07) is 19.0. The molecule has 4 heteroatoms. The summed E-state index contributed by atoms with van der Waals surface area (Å²) in [5.41, 5.74) is 1.88. The van der Waals surface area contributed by atoms with Crippen molar-refractivity contribution in [3.8, 4) is 0 Å². The lowest BCUT2D eigenvalue weighted by Gasteiger charge is -2.14. The van der Waals surface area contributed by atoms with Crippen molar-refractivity contribution in [3.63, 3.8) is 0 Å². The quantitative estimate of drug-likeness (QED) is 0.862. The van der Waals surface area contributed by atoms with Crippen LogP contribution in [-0.4, -0.2) is 23.5 Å². The van der Waals surface area contributed by atoms with E-state index in [0.717, 1.165) is 6.42 Å². The zero-order valence-electron chi connectivity index (χ0n) is 12.7. The van der Waals surface area contributed by atoms with Crippen molar-refractivity contribution < 1.29 is 14.7 Å². The lowest BCUT2D eigenvalue weighted by molar-refractivity contribution is -0.138. The molecule has 1 fully saturated rings. The van der Waals surface area contributed by atoms with Gasteiger partial charge < -0.3 is 10.4 Å². The van der Waals surface area contributed by atoms with Crippen LogP contribution in [0.5, 0.6) is 0 Å². The monoisotopic (exact) mass is 309 g/mol. The molecule has 4 nitrogen and oxygen atoms in total. The molecule has 3 rings (SSSR count). The van der Waals surface area contributed by atoms with Gasteiger partial charge in [-0.1, -0.05) is 60.7 Å². The molecule has 2 N–H and O–H groups in total. The fraction of sp³-hybridized carbons (Fsp3) is 0.263. The highest BCUT2D eigenvalue weighted by Crippen LogP contribution is 2.47. The number of carbonyl (C=O) groups excluding carboxylic acids is 1. The molecule has 0 bridgehead atoms. The van der Waals surface area contributed by atoms with Crippen molar-refractivity contribution in [1.29, 1.82) is 0 Å². The van der Waals surface area contributed by atoms with E-state index < -0.39 is 11.9 Å². The van der Waals surface area contributed by atoms with Crippen LogP contribution < -0.4 is 5.32 Å². The number of carboxylic acids is 1. The van der Waals surface area contributed by atoms with Crippen molar-refractivity contribution in [3.05, 3.63) is 71.8 Å². The number of hydrogen-bond donors (Lipinski definition) is 2. The first kappa shape index (κ1) is 15.3. The summed E-state index contributed by atoms with van der Waals surface area (Å²) in [5, 5.41) is 12.2. The van der Waals surface area contributed by atoms with Crippen LogP contribution in [0.3, 0.4) is 0 Å². The Bertz CT molecular complexity index is 684. The van der Waals surface area contributed by atoms with Crippen LogP contribution >= 0.6 is 0 Å². The molecule has 0 saturated heterocycles. The number of amides is 1. The topological polar surface area (TPSA) is 66.4 Å². The fourth-order valence-electron chi connectivity index (χ4n) is 2.92. The Morgan fingerprint density at radius 1 is 1.04 bits per heavy atom. The molecule has 3 atom stereocenters. The SMILES string of the molecule is O=C(NC[C@@H](C(=O)O)c1ccccc1)[C@H]1C[C@H]1c1ccccc1. The van der Waals surface area contributed by atoms with Crippen LogP contribution in [0, 0.1) is 5.92 Å². The summed E-state index contributed by atoms with van der Waals surface area (Å²) in [6.45, 7) is 0.121. The smallest absolute Gasteiger partial charge is 0.312 e. The van der Waals surface area contributed by atoms with E-state index in [2.05, 4.69) is 5.32 Å². The molecule has 2 aromatic rings. The van der Waals surface area contributed by atoms with Gasteiger partial charge in [-0.2, -0.15) is 0 Å². The lowest BCUT2D eigenvalue weighted by atomic mass is 9.99. The molecule has 1 aliphatic carbocycles. The molecule has 0 aromatic heterocycles. The normalized spacial score (nSPS) is 20.5. The van der Waals surface area contributed by atoms with Crippen LogP contribution in [0.4, 0.5) is 0 Å². The van der Waals surface area contributed by atoms with Crippen LogP contribution in [0.1, 0.15) is 29.4 Å². The third-order valence-electron chi connectivity index (χ3n) is 4.34. The van der Waals surface area contributed by atoms with Gasteiger partial charge in [0.05, 0.1) is 5.92 Å². The van der Waals surface area contributed by atoms with Crippen molar-refractivity contribution in [1.82, 2.24) is 5.32 Å². The van der Waals surface area contributed by atoms with Crippen LogP contribution in [0.2, 0.25) is 0 Å². The molecule has 2 aromatic carbocycles. The first-order valence-corrected chi connectivity index (χ1v) is 7.77. The summed E-state index contributed by atoms with van der Waals surface area (Å²) < 4.78 is 0. The highest BCUT2D eigenvalue weighted by atomic mass is 16.4. The summed E-state index contributed by atoms with van der Waals surface area (Å²) in [4.78, 5) is 23.7. The molecule has 0 spiro atoms. The van der Waals surface area contributed by atoms with Crippen LogP contribution in [0.25, 0.3) is 0 Å². The summed E-state index contributed by atoms with van der Waals surface area (Å²) in [7, 11) is 0. The van der Waals surface area contributed by atoms with E-state index in [1.807, 2.05) is 36.4 Å². The number of rotatable bonds is 6. The minimum absolute atomic E-state index is 0.0392. The number of nitrogens with one attached hydrogen (secondary N) is 1. The van der Waals surface area contributed by atoms with Crippen molar-refractivity contribution in [2.24, 2.45) is 5.92 Å². The second kappa shape index (κ2) is 6.65. The zero-order valence-corrected chi connectivity index (χ0v) is 12.7. The Kier molecular flexibility index (Phi) is 4.42. The minimum Gasteiger partial charge on any atom is -0.481 e. The number of hydrogen-bond acceptors (Lipinski definition) is 2. The number of carboxylic acid groups (broad SMARTS) is 1. The molecule has 118 valence electrons. The molecular formula is C19H19NO3. The van der Waals surface area contributed by atoms with E-state index in [0.29, 0.717) is 5.56 Å².